The minimum atomic E-state index is -0.133. The van der Waals surface area contributed by atoms with Crippen LogP contribution in [0.25, 0.3) is 0 Å². The van der Waals surface area contributed by atoms with Crippen molar-refractivity contribution in [3.63, 3.8) is 0 Å². The SMILES string of the molecule is COC(=O)CC1CCCCN1c1cc(CCCCc2ccccc2)cc(OC)c1. The summed E-state index contributed by atoms with van der Waals surface area (Å²) < 4.78 is 10.5. The Labute approximate surface area is 174 Å². The number of piperidine rings is 1. The fourth-order valence-electron chi connectivity index (χ4n) is 4.20. The van der Waals surface area contributed by atoms with E-state index in [4.69, 9.17) is 9.47 Å². The third kappa shape index (κ3) is 6.25. The summed E-state index contributed by atoms with van der Waals surface area (Å²) in [6.45, 7) is 0.974. The van der Waals surface area contributed by atoms with Gasteiger partial charge >= 0.3 is 5.97 Å². The predicted octanol–water partition coefficient (Wildman–Crippen LogP) is 5.18. The molecule has 0 N–H and O–H groups in total. The zero-order valence-electron chi connectivity index (χ0n) is 17.7. The van der Waals surface area contributed by atoms with Gasteiger partial charge in [0.2, 0.25) is 0 Å². The highest BCUT2D eigenvalue weighted by molar-refractivity contribution is 5.71. The number of nitrogens with zero attached hydrogens (tertiary/aromatic N) is 1. The van der Waals surface area contributed by atoms with E-state index in [0.29, 0.717) is 6.42 Å². The number of benzene rings is 2. The fourth-order valence-corrected chi connectivity index (χ4v) is 4.20. The first-order valence-electron chi connectivity index (χ1n) is 10.7. The van der Waals surface area contributed by atoms with Crippen molar-refractivity contribution in [3.8, 4) is 5.75 Å². The number of esters is 1. The standard InChI is InChI=1S/C25H33NO3/c1-28-24-17-21(13-7-6-12-20-10-4-3-5-11-20)16-23(18-24)26-15-9-8-14-22(26)19-25(27)29-2/h3-5,10-11,16-18,22H,6-9,12-15,19H2,1-2H3. The Morgan fingerprint density at radius 1 is 1.00 bits per heavy atom. The van der Waals surface area contributed by atoms with Gasteiger partial charge in [-0.1, -0.05) is 30.3 Å². The number of anilines is 1. The molecule has 156 valence electrons. The van der Waals surface area contributed by atoms with Gasteiger partial charge in [-0.2, -0.15) is 0 Å². The highest BCUT2D eigenvalue weighted by Crippen LogP contribution is 2.31. The molecular formula is C25H33NO3. The molecule has 1 aliphatic heterocycles. The normalized spacial score (nSPS) is 16.5. The summed E-state index contributed by atoms with van der Waals surface area (Å²) in [5, 5.41) is 0. The van der Waals surface area contributed by atoms with Crippen LogP contribution in [0.15, 0.2) is 48.5 Å². The first-order valence-corrected chi connectivity index (χ1v) is 10.7. The molecule has 2 aromatic carbocycles. The van der Waals surface area contributed by atoms with E-state index in [1.807, 2.05) is 0 Å². The van der Waals surface area contributed by atoms with Crippen molar-refractivity contribution in [2.45, 2.75) is 57.4 Å². The molecule has 0 aliphatic carbocycles. The van der Waals surface area contributed by atoms with Crippen LogP contribution in [-0.2, 0) is 22.4 Å². The van der Waals surface area contributed by atoms with Crippen molar-refractivity contribution < 1.29 is 14.3 Å². The maximum absolute atomic E-state index is 11.9. The monoisotopic (exact) mass is 395 g/mol. The summed E-state index contributed by atoms with van der Waals surface area (Å²) in [6.07, 6.45) is 8.25. The molecule has 1 unspecified atom stereocenters. The lowest BCUT2D eigenvalue weighted by molar-refractivity contribution is -0.141. The third-order valence-corrected chi connectivity index (χ3v) is 5.80. The van der Waals surface area contributed by atoms with Crippen molar-refractivity contribution in [3.05, 3.63) is 59.7 Å². The number of methoxy groups -OCH3 is 2. The van der Waals surface area contributed by atoms with Gasteiger partial charge in [-0.3, -0.25) is 4.79 Å². The Balaban J connectivity index is 1.66. The van der Waals surface area contributed by atoms with Gasteiger partial charge in [-0.15, -0.1) is 0 Å². The van der Waals surface area contributed by atoms with E-state index >= 15 is 0 Å². The second-order valence-corrected chi connectivity index (χ2v) is 7.86. The molecule has 1 heterocycles. The zero-order valence-corrected chi connectivity index (χ0v) is 17.7. The van der Waals surface area contributed by atoms with Crippen LogP contribution >= 0.6 is 0 Å². The molecule has 1 saturated heterocycles. The first-order chi connectivity index (χ1) is 14.2. The third-order valence-electron chi connectivity index (χ3n) is 5.80. The van der Waals surface area contributed by atoms with E-state index in [1.54, 1.807) is 7.11 Å². The number of carbonyl (C=O) groups excluding carboxylic acids is 1. The molecule has 3 rings (SSSR count). The van der Waals surface area contributed by atoms with E-state index in [-0.39, 0.29) is 12.0 Å². The molecule has 0 spiro atoms. The predicted molar refractivity (Wildman–Crippen MR) is 118 cm³/mol. The van der Waals surface area contributed by atoms with Crippen LogP contribution in [0.1, 0.15) is 49.7 Å². The number of hydrogen-bond donors (Lipinski definition) is 0. The molecule has 4 nitrogen and oxygen atoms in total. The zero-order chi connectivity index (χ0) is 20.5. The Hall–Kier alpha value is -2.49. The molecule has 1 fully saturated rings. The van der Waals surface area contributed by atoms with Crippen LogP contribution in [0.4, 0.5) is 5.69 Å². The van der Waals surface area contributed by atoms with E-state index < -0.39 is 0 Å². The second kappa shape index (κ2) is 10.9. The average Bonchev–Trinajstić information content (AvgIpc) is 2.77. The molecule has 0 radical (unpaired) electrons. The second-order valence-electron chi connectivity index (χ2n) is 7.86. The van der Waals surface area contributed by atoms with Gasteiger partial charge < -0.3 is 14.4 Å². The average molecular weight is 396 g/mol. The van der Waals surface area contributed by atoms with Crippen molar-refractivity contribution >= 4 is 11.7 Å². The summed E-state index contributed by atoms with van der Waals surface area (Å²) >= 11 is 0. The molecule has 0 aromatic heterocycles. The van der Waals surface area contributed by atoms with Gasteiger partial charge in [0.25, 0.3) is 0 Å². The quantitative estimate of drug-likeness (QED) is 0.433. The fraction of sp³-hybridized carbons (Fsp3) is 0.480. The first kappa shape index (κ1) is 21.2. The van der Waals surface area contributed by atoms with Crippen LogP contribution in [0.2, 0.25) is 0 Å². The number of aryl methyl sites for hydroxylation is 2. The largest absolute Gasteiger partial charge is 0.497 e. The lowest BCUT2D eigenvalue weighted by Crippen LogP contribution is -2.41. The summed E-state index contributed by atoms with van der Waals surface area (Å²) in [5.41, 5.74) is 3.86. The molecule has 1 aliphatic rings. The lowest BCUT2D eigenvalue weighted by atomic mass is 9.97. The van der Waals surface area contributed by atoms with Gasteiger partial charge in [0.1, 0.15) is 5.75 Å². The molecule has 1 atom stereocenters. The molecule has 0 saturated carbocycles. The van der Waals surface area contributed by atoms with Gasteiger partial charge in [-0.05, 0) is 68.2 Å². The summed E-state index contributed by atoms with van der Waals surface area (Å²) in [4.78, 5) is 14.2. The van der Waals surface area contributed by atoms with Gasteiger partial charge in [0.15, 0.2) is 0 Å². The smallest absolute Gasteiger partial charge is 0.307 e. The van der Waals surface area contributed by atoms with Crippen molar-refractivity contribution in [1.82, 2.24) is 0 Å². The molecule has 29 heavy (non-hydrogen) atoms. The van der Waals surface area contributed by atoms with Gasteiger partial charge in [0.05, 0.1) is 20.6 Å². The van der Waals surface area contributed by atoms with E-state index in [1.165, 1.54) is 24.7 Å². The molecule has 2 aromatic rings. The van der Waals surface area contributed by atoms with E-state index in [0.717, 1.165) is 56.5 Å². The van der Waals surface area contributed by atoms with Crippen LogP contribution in [0.5, 0.6) is 5.75 Å². The molecular weight excluding hydrogens is 362 g/mol. The van der Waals surface area contributed by atoms with Crippen molar-refractivity contribution in [2.75, 3.05) is 25.7 Å². The van der Waals surface area contributed by atoms with Gasteiger partial charge in [0, 0.05) is 24.3 Å². The van der Waals surface area contributed by atoms with Crippen LogP contribution < -0.4 is 9.64 Å². The number of rotatable bonds is 9. The Kier molecular flexibility index (Phi) is 7.97. The highest BCUT2D eigenvalue weighted by Gasteiger charge is 2.26. The summed E-state index contributed by atoms with van der Waals surface area (Å²) in [7, 11) is 3.19. The van der Waals surface area contributed by atoms with Crippen molar-refractivity contribution in [1.29, 1.82) is 0 Å². The summed E-state index contributed by atoms with van der Waals surface area (Å²) in [6, 6.07) is 17.4. The van der Waals surface area contributed by atoms with Crippen LogP contribution in [-0.4, -0.2) is 32.8 Å². The Morgan fingerprint density at radius 2 is 1.76 bits per heavy atom. The minimum Gasteiger partial charge on any atom is -0.497 e. The van der Waals surface area contributed by atoms with E-state index in [9.17, 15) is 4.79 Å². The van der Waals surface area contributed by atoms with Crippen LogP contribution in [0, 0.1) is 0 Å². The van der Waals surface area contributed by atoms with Crippen molar-refractivity contribution in [2.24, 2.45) is 0 Å². The lowest BCUT2D eigenvalue weighted by Gasteiger charge is -2.37. The highest BCUT2D eigenvalue weighted by atomic mass is 16.5. The van der Waals surface area contributed by atoms with E-state index in [2.05, 4.69) is 53.4 Å². The molecule has 4 heteroatoms. The topological polar surface area (TPSA) is 38.8 Å². The molecule has 0 amide bonds. The maximum Gasteiger partial charge on any atom is 0.307 e. The summed E-state index contributed by atoms with van der Waals surface area (Å²) in [5.74, 6) is 0.758. The number of ether oxygens (including phenoxy) is 2. The maximum atomic E-state index is 11.9. The Morgan fingerprint density at radius 3 is 2.48 bits per heavy atom. The van der Waals surface area contributed by atoms with Gasteiger partial charge in [-0.25, -0.2) is 0 Å². The minimum absolute atomic E-state index is 0.133. The number of hydrogen-bond acceptors (Lipinski definition) is 4. The number of carbonyl (C=O) groups is 1. The van der Waals surface area contributed by atoms with Crippen LogP contribution in [0.3, 0.4) is 0 Å². The Bertz CT molecular complexity index is 775. The molecule has 0 bridgehead atoms. The number of unbranched alkanes of at least 4 members (excludes halogenated alkanes) is 1.